The Morgan fingerprint density at radius 1 is 1.22 bits per heavy atom. The first-order valence-electron chi connectivity index (χ1n) is 8.70. The summed E-state index contributed by atoms with van der Waals surface area (Å²) in [5.41, 5.74) is 3.58. The van der Waals surface area contributed by atoms with Crippen molar-refractivity contribution >= 4 is 40.2 Å². The summed E-state index contributed by atoms with van der Waals surface area (Å²) in [6.45, 7) is 1.78. The number of ether oxygens (including phenoxy) is 1. The summed E-state index contributed by atoms with van der Waals surface area (Å²) in [6.07, 6.45) is 1.03. The second-order valence-corrected chi connectivity index (χ2v) is 7.79. The average Bonchev–Trinajstić information content (AvgIpc) is 3.16. The fraction of sp³-hybridized carbons (Fsp3) is 0.190. The number of hydrogen-bond donors (Lipinski definition) is 1. The highest BCUT2D eigenvalue weighted by molar-refractivity contribution is 7.10. The molecule has 0 unspecified atom stereocenters. The summed E-state index contributed by atoms with van der Waals surface area (Å²) in [7, 11) is 1.54. The number of para-hydroxylation sites is 2. The number of hydrogen-bond acceptors (Lipinski definition) is 4. The van der Waals surface area contributed by atoms with Crippen LogP contribution in [0.15, 0.2) is 53.9 Å². The fourth-order valence-corrected chi connectivity index (χ4v) is 4.42. The highest BCUT2D eigenvalue weighted by Gasteiger charge is 2.21. The Morgan fingerprint density at radius 2 is 2.07 bits per heavy atom. The largest absolute Gasteiger partial charge is 0.496 e. The molecule has 1 amide bonds. The lowest BCUT2D eigenvalue weighted by Gasteiger charge is -2.30. The first-order valence-corrected chi connectivity index (χ1v) is 9.95. The fourth-order valence-electron chi connectivity index (χ4n) is 3.36. The minimum absolute atomic E-state index is 0.241. The molecule has 1 aliphatic rings. The van der Waals surface area contributed by atoms with Gasteiger partial charge in [0, 0.05) is 23.0 Å². The van der Waals surface area contributed by atoms with Gasteiger partial charge in [-0.05, 0) is 53.8 Å². The minimum Gasteiger partial charge on any atom is -0.496 e. The van der Waals surface area contributed by atoms with Gasteiger partial charge >= 0.3 is 0 Å². The number of benzene rings is 2. The van der Waals surface area contributed by atoms with Crippen LogP contribution >= 0.6 is 22.9 Å². The SMILES string of the molecule is COc1ccc(Cl)cc1C(=O)Nc1ccccc1N1CCc2sccc2C1. The number of amides is 1. The molecule has 6 heteroatoms. The van der Waals surface area contributed by atoms with E-state index in [-0.39, 0.29) is 5.91 Å². The smallest absolute Gasteiger partial charge is 0.259 e. The topological polar surface area (TPSA) is 41.6 Å². The van der Waals surface area contributed by atoms with E-state index in [1.165, 1.54) is 10.4 Å². The predicted molar refractivity (Wildman–Crippen MR) is 111 cm³/mol. The van der Waals surface area contributed by atoms with Crippen LogP contribution in [-0.2, 0) is 13.0 Å². The lowest BCUT2D eigenvalue weighted by molar-refractivity contribution is 0.102. The van der Waals surface area contributed by atoms with Crippen molar-refractivity contribution in [3.63, 3.8) is 0 Å². The summed E-state index contributed by atoms with van der Waals surface area (Å²) >= 11 is 7.89. The van der Waals surface area contributed by atoms with Crippen LogP contribution in [0.25, 0.3) is 0 Å². The molecule has 4 nitrogen and oxygen atoms in total. The molecule has 2 aromatic carbocycles. The maximum atomic E-state index is 12.9. The van der Waals surface area contributed by atoms with Crippen LogP contribution in [-0.4, -0.2) is 19.6 Å². The summed E-state index contributed by atoms with van der Waals surface area (Å²) in [4.78, 5) is 16.6. The summed E-state index contributed by atoms with van der Waals surface area (Å²) in [5.74, 6) is 0.255. The maximum absolute atomic E-state index is 12.9. The van der Waals surface area contributed by atoms with Crippen LogP contribution in [0.2, 0.25) is 5.02 Å². The molecule has 1 aromatic heterocycles. The Kier molecular flexibility index (Phi) is 5.05. The van der Waals surface area contributed by atoms with E-state index in [1.54, 1.807) is 25.3 Å². The van der Waals surface area contributed by atoms with Crippen LogP contribution in [0.5, 0.6) is 5.75 Å². The summed E-state index contributed by atoms with van der Waals surface area (Å²) in [6, 6.07) is 15.1. The molecule has 2 heterocycles. The quantitative estimate of drug-likeness (QED) is 0.654. The molecule has 3 aromatic rings. The number of carbonyl (C=O) groups excluding carboxylic acids is 1. The summed E-state index contributed by atoms with van der Waals surface area (Å²) in [5, 5.41) is 5.67. The third-order valence-electron chi connectivity index (χ3n) is 4.71. The Bertz CT molecular complexity index is 986. The van der Waals surface area contributed by atoms with E-state index in [1.807, 2.05) is 35.6 Å². The third kappa shape index (κ3) is 3.66. The molecule has 0 aliphatic carbocycles. The van der Waals surface area contributed by atoms with Crippen molar-refractivity contribution in [2.75, 3.05) is 23.9 Å². The molecule has 0 saturated carbocycles. The number of nitrogens with one attached hydrogen (secondary N) is 1. The molecule has 4 rings (SSSR count). The van der Waals surface area contributed by atoms with Crippen molar-refractivity contribution in [1.29, 1.82) is 0 Å². The standard InChI is InChI=1S/C21H19ClN2O2S/c1-26-19-7-6-15(22)12-16(19)21(25)23-17-4-2-3-5-18(17)24-10-8-20-14(13-24)9-11-27-20/h2-7,9,11-12H,8,10,13H2,1H3,(H,23,25). The summed E-state index contributed by atoms with van der Waals surface area (Å²) < 4.78 is 5.31. The first kappa shape index (κ1) is 17.9. The highest BCUT2D eigenvalue weighted by atomic mass is 35.5. The molecular weight excluding hydrogens is 380 g/mol. The third-order valence-corrected chi connectivity index (χ3v) is 5.96. The van der Waals surface area contributed by atoms with Crippen molar-refractivity contribution in [1.82, 2.24) is 0 Å². The van der Waals surface area contributed by atoms with E-state index < -0.39 is 0 Å². The van der Waals surface area contributed by atoms with Crippen LogP contribution in [0.3, 0.4) is 0 Å². The molecule has 0 radical (unpaired) electrons. The predicted octanol–water partition coefficient (Wildman–Crippen LogP) is 5.23. The molecule has 138 valence electrons. The van der Waals surface area contributed by atoms with Crippen LogP contribution in [0.4, 0.5) is 11.4 Å². The van der Waals surface area contributed by atoms with E-state index in [9.17, 15) is 4.79 Å². The second-order valence-electron chi connectivity index (χ2n) is 6.36. The second kappa shape index (κ2) is 7.62. The molecule has 0 spiro atoms. The average molecular weight is 399 g/mol. The molecule has 0 bridgehead atoms. The van der Waals surface area contributed by atoms with Crippen molar-refractivity contribution in [2.24, 2.45) is 0 Å². The van der Waals surface area contributed by atoms with Gasteiger partial charge in [-0.1, -0.05) is 23.7 Å². The van der Waals surface area contributed by atoms with Gasteiger partial charge < -0.3 is 15.0 Å². The van der Waals surface area contributed by atoms with Gasteiger partial charge in [0.05, 0.1) is 24.0 Å². The van der Waals surface area contributed by atoms with E-state index in [0.717, 1.165) is 30.9 Å². The normalized spacial score (nSPS) is 13.2. The van der Waals surface area contributed by atoms with Gasteiger partial charge in [0.25, 0.3) is 5.91 Å². The van der Waals surface area contributed by atoms with Crippen molar-refractivity contribution < 1.29 is 9.53 Å². The van der Waals surface area contributed by atoms with Gasteiger partial charge in [-0.3, -0.25) is 4.79 Å². The Labute approximate surface area is 167 Å². The number of halogens is 1. The van der Waals surface area contributed by atoms with E-state index in [4.69, 9.17) is 16.3 Å². The van der Waals surface area contributed by atoms with E-state index in [0.29, 0.717) is 16.3 Å². The Hall–Kier alpha value is -2.50. The Morgan fingerprint density at radius 3 is 2.93 bits per heavy atom. The molecule has 1 aliphatic heterocycles. The maximum Gasteiger partial charge on any atom is 0.259 e. The van der Waals surface area contributed by atoms with Crippen molar-refractivity contribution in [3.05, 3.63) is 74.9 Å². The van der Waals surface area contributed by atoms with Crippen LogP contribution in [0, 0.1) is 0 Å². The molecule has 0 saturated heterocycles. The zero-order valence-electron chi connectivity index (χ0n) is 14.9. The highest BCUT2D eigenvalue weighted by Crippen LogP contribution is 2.33. The van der Waals surface area contributed by atoms with Crippen molar-refractivity contribution in [2.45, 2.75) is 13.0 Å². The Balaban J connectivity index is 1.61. The zero-order chi connectivity index (χ0) is 18.8. The van der Waals surface area contributed by atoms with E-state index in [2.05, 4.69) is 21.7 Å². The molecule has 0 atom stereocenters. The van der Waals surface area contributed by atoms with Gasteiger partial charge in [-0.25, -0.2) is 0 Å². The van der Waals surface area contributed by atoms with Crippen LogP contribution < -0.4 is 15.0 Å². The lowest BCUT2D eigenvalue weighted by atomic mass is 10.1. The number of rotatable bonds is 4. The minimum atomic E-state index is -0.241. The molecule has 0 fully saturated rings. The number of thiophene rings is 1. The van der Waals surface area contributed by atoms with Gasteiger partial charge in [0.15, 0.2) is 0 Å². The molecule has 27 heavy (non-hydrogen) atoms. The zero-order valence-corrected chi connectivity index (χ0v) is 16.4. The number of carbonyl (C=O) groups is 1. The number of anilines is 2. The molecular formula is C21H19ClN2O2S. The lowest BCUT2D eigenvalue weighted by Crippen LogP contribution is -2.30. The van der Waals surface area contributed by atoms with Gasteiger partial charge in [-0.2, -0.15) is 0 Å². The number of fused-ring (bicyclic) bond motifs is 1. The monoisotopic (exact) mass is 398 g/mol. The van der Waals surface area contributed by atoms with Gasteiger partial charge in [0.2, 0.25) is 0 Å². The van der Waals surface area contributed by atoms with Crippen LogP contribution in [0.1, 0.15) is 20.8 Å². The van der Waals surface area contributed by atoms with Crippen molar-refractivity contribution in [3.8, 4) is 5.75 Å². The van der Waals surface area contributed by atoms with Gasteiger partial charge in [-0.15, -0.1) is 11.3 Å². The number of nitrogens with zero attached hydrogens (tertiary/aromatic N) is 1. The van der Waals surface area contributed by atoms with Gasteiger partial charge in [0.1, 0.15) is 5.75 Å². The number of methoxy groups -OCH3 is 1. The molecule has 1 N–H and O–H groups in total. The van der Waals surface area contributed by atoms with E-state index >= 15 is 0 Å². The first-order chi connectivity index (χ1) is 13.2.